The highest BCUT2D eigenvalue weighted by molar-refractivity contribution is 5.72. The summed E-state index contributed by atoms with van der Waals surface area (Å²) in [5.41, 5.74) is 0.906. The highest BCUT2D eigenvalue weighted by Crippen LogP contribution is 2.21. The molecule has 2 aliphatic rings. The topological polar surface area (TPSA) is 143 Å². The van der Waals surface area contributed by atoms with Crippen LogP contribution in [0.2, 0.25) is 0 Å². The first kappa shape index (κ1) is 41.1. The zero-order valence-electron chi connectivity index (χ0n) is 30.1. The highest BCUT2D eigenvalue weighted by Gasteiger charge is 2.28. The van der Waals surface area contributed by atoms with Gasteiger partial charge < -0.3 is 34.2 Å². The maximum atomic E-state index is 12.0. The van der Waals surface area contributed by atoms with Gasteiger partial charge in [0.25, 0.3) is 0 Å². The fourth-order valence-electron chi connectivity index (χ4n) is 5.03. The number of carbonyl (C=O) groups excluding carboxylic acids is 3. The van der Waals surface area contributed by atoms with E-state index in [0.29, 0.717) is 51.0 Å². The van der Waals surface area contributed by atoms with Crippen LogP contribution < -0.4 is 0 Å². The molecule has 0 aliphatic carbocycles. The Bertz CT molecular complexity index is 1270. The summed E-state index contributed by atoms with van der Waals surface area (Å²) in [5, 5.41) is 17.3. The maximum Gasteiger partial charge on any atom is 0.410 e. The lowest BCUT2D eigenvalue weighted by molar-refractivity contribution is -0.144. The Morgan fingerprint density at radius 2 is 1.04 bits per heavy atom. The minimum atomic E-state index is -0.786. The molecule has 0 unspecified atom stereocenters. The Morgan fingerprint density at radius 3 is 1.41 bits per heavy atom. The van der Waals surface area contributed by atoms with Crippen LogP contribution in [0.3, 0.4) is 0 Å². The van der Waals surface area contributed by atoms with Gasteiger partial charge in [-0.15, -0.1) is 0 Å². The number of esters is 1. The molecule has 0 spiro atoms. The van der Waals surface area contributed by atoms with E-state index in [-0.39, 0.29) is 31.2 Å². The molecule has 0 radical (unpaired) electrons. The molecule has 2 aromatic carbocycles. The molecule has 0 bridgehead atoms. The summed E-state index contributed by atoms with van der Waals surface area (Å²) in [6, 6.07) is 18.7. The van der Waals surface area contributed by atoms with Gasteiger partial charge in [0, 0.05) is 32.8 Å². The van der Waals surface area contributed by atoms with E-state index in [1.165, 1.54) is 0 Å². The predicted octanol–water partition coefficient (Wildman–Crippen LogP) is 6.36. The van der Waals surface area contributed by atoms with Crippen molar-refractivity contribution in [3.8, 4) is 0 Å². The van der Waals surface area contributed by atoms with Crippen LogP contribution in [0.25, 0.3) is 0 Å². The first-order chi connectivity index (χ1) is 23.0. The van der Waals surface area contributed by atoms with E-state index in [2.05, 4.69) is 0 Å². The van der Waals surface area contributed by atoms with Crippen molar-refractivity contribution < 1.29 is 43.6 Å². The third kappa shape index (κ3) is 18.3. The zero-order valence-corrected chi connectivity index (χ0v) is 30.1. The Kier molecular flexibility index (Phi) is 17.1. The first-order valence-electron chi connectivity index (χ1n) is 17.1. The van der Waals surface area contributed by atoms with E-state index in [4.69, 9.17) is 24.4 Å². The first-order valence-corrected chi connectivity index (χ1v) is 17.1. The number of carboxylic acid groups (broad SMARTS) is 1. The summed E-state index contributed by atoms with van der Waals surface area (Å²) in [6.45, 7) is 14.5. The van der Waals surface area contributed by atoms with Gasteiger partial charge >= 0.3 is 24.1 Å². The second kappa shape index (κ2) is 20.4. The normalized spacial score (nSPS) is 15.5. The monoisotopic (exact) mass is 684 g/mol. The number of carboxylic acids is 1. The van der Waals surface area contributed by atoms with Crippen LogP contribution >= 0.6 is 0 Å². The van der Waals surface area contributed by atoms with Gasteiger partial charge in [0.2, 0.25) is 0 Å². The van der Waals surface area contributed by atoms with Gasteiger partial charge in [0.1, 0.15) is 11.2 Å². The smallest absolute Gasteiger partial charge is 0.410 e. The van der Waals surface area contributed by atoms with Gasteiger partial charge in [0.05, 0.1) is 19.4 Å². The number of likely N-dealkylation sites (tertiary alicyclic amines) is 2. The van der Waals surface area contributed by atoms with Crippen molar-refractivity contribution in [1.82, 2.24) is 9.80 Å². The van der Waals surface area contributed by atoms with Crippen molar-refractivity contribution in [2.75, 3.05) is 39.4 Å². The molecule has 2 heterocycles. The molecule has 2 saturated heterocycles. The lowest BCUT2D eigenvalue weighted by Crippen LogP contribution is -2.42. The lowest BCUT2D eigenvalue weighted by Gasteiger charge is -2.33. The number of carbonyl (C=O) groups is 4. The number of rotatable bonds is 7. The van der Waals surface area contributed by atoms with Crippen LogP contribution in [0.4, 0.5) is 9.59 Å². The molecule has 2 fully saturated rings. The second-order valence-corrected chi connectivity index (χ2v) is 14.4. The fraction of sp³-hybridized carbons (Fsp3) is 0.579. The average molecular weight is 685 g/mol. The Labute approximate surface area is 291 Å². The van der Waals surface area contributed by atoms with Crippen LogP contribution in [0.1, 0.15) is 78.4 Å². The third-order valence-electron chi connectivity index (χ3n) is 7.66. The highest BCUT2D eigenvalue weighted by atomic mass is 16.6. The van der Waals surface area contributed by atoms with Crippen LogP contribution in [-0.4, -0.2) is 94.7 Å². The zero-order chi connectivity index (χ0) is 36.5. The second-order valence-electron chi connectivity index (χ2n) is 14.4. The molecule has 0 saturated carbocycles. The van der Waals surface area contributed by atoms with Crippen molar-refractivity contribution in [2.45, 2.75) is 91.3 Å². The number of aliphatic carboxylic acids is 1. The predicted molar refractivity (Wildman–Crippen MR) is 187 cm³/mol. The molecule has 4 rings (SSSR count). The summed E-state index contributed by atoms with van der Waals surface area (Å²) in [5.74, 6) is -0.325. The van der Waals surface area contributed by atoms with Crippen molar-refractivity contribution in [3.05, 3.63) is 71.8 Å². The van der Waals surface area contributed by atoms with Gasteiger partial charge in [-0.3, -0.25) is 9.59 Å². The molecule has 0 aromatic heterocycles. The third-order valence-corrected chi connectivity index (χ3v) is 7.66. The molecular formula is C38H56N2O9. The largest absolute Gasteiger partial charge is 0.481 e. The SMILES string of the molecule is CC(C)(C)OC(=O)N1CCC(CO)CC1.CC(C)(C)OC(=O)N1CCC(COC(=O)Cc2ccccc2)CC1.O=C(O)Cc1ccccc1. The van der Waals surface area contributed by atoms with Gasteiger partial charge in [-0.05, 0) is 90.2 Å². The van der Waals surface area contributed by atoms with E-state index in [1.54, 1.807) is 21.9 Å². The van der Waals surface area contributed by atoms with Gasteiger partial charge in [-0.1, -0.05) is 60.7 Å². The summed E-state index contributed by atoms with van der Waals surface area (Å²) < 4.78 is 16.0. The molecule has 11 heteroatoms. The molecule has 11 nitrogen and oxygen atoms in total. The van der Waals surface area contributed by atoms with Crippen LogP contribution in [-0.2, 0) is 36.6 Å². The van der Waals surface area contributed by atoms with E-state index in [1.807, 2.05) is 90.1 Å². The standard InChI is InChI=1S/C19H27NO4.C11H21NO3.C8H8O2/c1-19(2,3)24-18(22)20-11-9-16(10-12-20)14-23-17(21)13-15-7-5-4-6-8-15;1-11(2,3)15-10(14)12-6-4-9(8-13)5-7-12;9-8(10)6-7-4-2-1-3-5-7/h4-8,16H,9-14H2,1-3H3;9,13H,4-8H2,1-3H3;1-5H,6H2,(H,9,10). The van der Waals surface area contributed by atoms with Crippen molar-refractivity contribution >= 4 is 24.1 Å². The van der Waals surface area contributed by atoms with E-state index < -0.39 is 17.2 Å². The number of ether oxygens (including phenoxy) is 3. The molecule has 272 valence electrons. The summed E-state index contributed by atoms with van der Waals surface area (Å²) in [7, 11) is 0. The number of piperidine rings is 2. The molecule has 49 heavy (non-hydrogen) atoms. The maximum absolute atomic E-state index is 12.0. The van der Waals surface area contributed by atoms with Gasteiger partial charge in [-0.2, -0.15) is 0 Å². The van der Waals surface area contributed by atoms with Gasteiger partial charge in [0.15, 0.2) is 0 Å². The quantitative estimate of drug-likeness (QED) is 0.252. The Morgan fingerprint density at radius 1 is 0.653 bits per heavy atom. The Balaban J connectivity index is 0.000000283. The molecule has 2 amide bonds. The van der Waals surface area contributed by atoms with Crippen LogP contribution in [0.15, 0.2) is 60.7 Å². The number of hydrogen-bond acceptors (Lipinski definition) is 8. The fourth-order valence-corrected chi connectivity index (χ4v) is 5.03. The van der Waals surface area contributed by atoms with Crippen molar-refractivity contribution in [1.29, 1.82) is 0 Å². The number of benzene rings is 2. The number of nitrogens with zero attached hydrogens (tertiary/aromatic N) is 2. The van der Waals surface area contributed by atoms with E-state index in [9.17, 15) is 19.2 Å². The van der Waals surface area contributed by atoms with Crippen LogP contribution in [0.5, 0.6) is 0 Å². The number of aliphatic hydroxyl groups excluding tert-OH is 1. The minimum Gasteiger partial charge on any atom is -0.481 e. The number of aliphatic hydroxyl groups is 1. The van der Waals surface area contributed by atoms with Gasteiger partial charge in [-0.25, -0.2) is 9.59 Å². The average Bonchev–Trinajstić information content (AvgIpc) is 3.04. The molecule has 0 atom stereocenters. The summed E-state index contributed by atoms with van der Waals surface area (Å²) >= 11 is 0. The lowest BCUT2D eigenvalue weighted by atomic mass is 9.98. The molecule has 2 aromatic rings. The number of hydrogen-bond donors (Lipinski definition) is 2. The minimum absolute atomic E-state index is 0.112. The summed E-state index contributed by atoms with van der Waals surface area (Å²) in [6.07, 6.45) is 3.32. The van der Waals surface area contributed by atoms with Crippen molar-refractivity contribution in [2.24, 2.45) is 11.8 Å². The summed E-state index contributed by atoms with van der Waals surface area (Å²) in [4.78, 5) is 49.2. The van der Waals surface area contributed by atoms with E-state index >= 15 is 0 Å². The van der Waals surface area contributed by atoms with Crippen molar-refractivity contribution in [3.63, 3.8) is 0 Å². The Hall–Kier alpha value is -4.12. The molecule has 2 N–H and O–H groups in total. The van der Waals surface area contributed by atoms with E-state index in [0.717, 1.165) is 36.8 Å². The molecule has 2 aliphatic heterocycles. The molecular weight excluding hydrogens is 628 g/mol. The number of amides is 2. The van der Waals surface area contributed by atoms with Crippen LogP contribution in [0, 0.1) is 11.8 Å².